The number of benzene rings is 1. The second-order valence-electron chi connectivity index (χ2n) is 9.42. The maximum absolute atomic E-state index is 13.1. The molecule has 3 aliphatic rings. The largest absolute Gasteiger partial charge is 0.444 e. The number of ether oxygens (including phenoxy) is 1. The summed E-state index contributed by atoms with van der Waals surface area (Å²) >= 11 is 0. The van der Waals surface area contributed by atoms with Gasteiger partial charge in [-0.15, -0.1) is 0 Å². The van der Waals surface area contributed by atoms with Crippen LogP contribution in [-0.2, 0) is 15.7 Å². The third kappa shape index (κ3) is 5.26. The highest BCUT2D eigenvalue weighted by Gasteiger charge is 2.38. The molecule has 9 nitrogen and oxygen atoms in total. The number of alkyl carbamates (subject to hydrolysis) is 1. The van der Waals surface area contributed by atoms with Gasteiger partial charge in [0, 0.05) is 24.5 Å². The number of alkyl halides is 3. The molecule has 12 heteroatoms. The molecule has 0 radical (unpaired) electrons. The molecule has 2 saturated heterocycles. The van der Waals surface area contributed by atoms with E-state index in [9.17, 15) is 22.8 Å². The molecule has 188 valence electrons. The molecule has 0 bridgehead atoms. The van der Waals surface area contributed by atoms with Crippen molar-refractivity contribution in [1.29, 1.82) is 0 Å². The summed E-state index contributed by atoms with van der Waals surface area (Å²) in [5.41, 5.74) is -0.431. The van der Waals surface area contributed by atoms with Crippen LogP contribution in [0.3, 0.4) is 0 Å². The van der Waals surface area contributed by atoms with Crippen LogP contribution in [0.4, 0.5) is 23.8 Å². The molecule has 1 aliphatic carbocycles. The van der Waals surface area contributed by atoms with E-state index in [4.69, 9.17) is 4.74 Å². The molecule has 0 spiro atoms. The summed E-state index contributed by atoms with van der Waals surface area (Å²) in [6, 6.07) is 3.76. The quantitative estimate of drug-likeness (QED) is 0.569. The highest BCUT2D eigenvalue weighted by molar-refractivity contribution is 5.91. The van der Waals surface area contributed by atoms with Crippen molar-refractivity contribution >= 4 is 28.7 Å². The Balaban J connectivity index is 1.07. The SMILES string of the molecule is O=C(CNc1ncnc2ccc(C(F)(F)F)cc12)NC1CN([C@H]2CC[C@H](C3CNC(=O)O3)CC2)C1. The average molecular weight is 493 g/mol. The van der Waals surface area contributed by atoms with Crippen molar-refractivity contribution in [1.82, 2.24) is 25.5 Å². The lowest BCUT2D eigenvalue weighted by atomic mass is 9.81. The van der Waals surface area contributed by atoms with Crippen molar-refractivity contribution in [2.75, 3.05) is 31.5 Å². The first-order chi connectivity index (χ1) is 16.8. The van der Waals surface area contributed by atoms with Crippen LogP contribution in [0.5, 0.6) is 0 Å². The van der Waals surface area contributed by atoms with E-state index >= 15 is 0 Å². The van der Waals surface area contributed by atoms with Gasteiger partial charge in [-0.2, -0.15) is 13.2 Å². The normalized spacial score (nSPS) is 25.6. The third-order valence-electron chi connectivity index (χ3n) is 7.14. The molecule has 3 fully saturated rings. The Kier molecular flexibility index (Phi) is 6.39. The van der Waals surface area contributed by atoms with Crippen molar-refractivity contribution in [3.8, 4) is 0 Å². The fourth-order valence-corrected chi connectivity index (χ4v) is 5.22. The topological polar surface area (TPSA) is 108 Å². The number of hydrogen-bond donors (Lipinski definition) is 3. The highest BCUT2D eigenvalue weighted by atomic mass is 19.4. The lowest BCUT2D eigenvalue weighted by Crippen LogP contribution is -2.63. The molecule has 1 aromatic carbocycles. The molecular formula is C23H27F3N6O3. The fourth-order valence-electron chi connectivity index (χ4n) is 5.22. The van der Waals surface area contributed by atoms with Gasteiger partial charge in [0.1, 0.15) is 18.2 Å². The van der Waals surface area contributed by atoms with Gasteiger partial charge in [0.2, 0.25) is 5.91 Å². The van der Waals surface area contributed by atoms with Crippen LogP contribution in [0, 0.1) is 5.92 Å². The number of anilines is 1. The van der Waals surface area contributed by atoms with Crippen molar-refractivity contribution in [3.05, 3.63) is 30.1 Å². The van der Waals surface area contributed by atoms with Crippen LogP contribution in [-0.4, -0.2) is 71.2 Å². The van der Waals surface area contributed by atoms with Crippen LogP contribution in [0.2, 0.25) is 0 Å². The summed E-state index contributed by atoms with van der Waals surface area (Å²) in [5, 5.41) is 8.74. The standard InChI is InChI=1S/C23H27F3N6O3/c24-23(25,26)14-3-6-18-17(7-14)21(30-12-29-18)27-9-20(33)31-15-10-32(11-15)16-4-1-13(2-5-16)19-8-28-22(34)35-19/h3,6-7,12-13,15-16,19H,1-2,4-5,8-11H2,(H,28,34)(H,31,33)(H,27,29,30)/t13-,16-,19?. The first-order valence-corrected chi connectivity index (χ1v) is 11.8. The van der Waals surface area contributed by atoms with Crippen LogP contribution >= 0.6 is 0 Å². The summed E-state index contributed by atoms with van der Waals surface area (Å²) in [4.78, 5) is 34.1. The minimum Gasteiger partial charge on any atom is -0.444 e. The predicted molar refractivity (Wildman–Crippen MR) is 121 cm³/mol. The van der Waals surface area contributed by atoms with Gasteiger partial charge < -0.3 is 20.7 Å². The second-order valence-corrected chi connectivity index (χ2v) is 9.42. The Morgan fingerprint density at radius 1 is 1.17 bits per heavy atom. The smallest absolute Gasteiger partial charge is 0.416 e. The molecule has 2 aromatic rings. The molecule has 1 unspecified atom stereocenters. The fraction of sp³-hybridized carbons (Fsp3) is 0.565. The number of halogens is 3. The van der Waals surface area contributed by atoms with E-state index in [0.717, 1.165) is 50.9 Å². The predicted octanol–water partition coefficient (Wildman–Crippen LogP) is 2.53. The molecule has 2 amide bonds. The number of carbonyl (C=O) groups excluding carboxylic acids is 2. The lowest BCUT2D eigenvalue weighted by molar-refractivity contribution is -0.137. The van der Waals surface area contributed by atoms with Crippen LogP contribution < -0.4 is 16.0 Å². The zero-order valence-corrected chi connectivity index (χ0v) is 19.0. The Morgan fingerprint density at radius 2 is 1.94 bits per heavy atom. The zero-order valence-electron chi connectivity index (χ0n) is 19.0. The Labute approximate surface area is 199 Å². The number of aromatic nitrogens is 2. The molecule has 3 N–H and O–H groups in total. The number of rotatable bonds is 6. The molecule has 5 rings (SSSR count). The van der Waals surface area contributed by atoms with Crippen molar-refractivity contribution < 1.29 is 27.5 Å². The maximum Gasteiger partial charge on any atom is 0.416 e. The van der Waals surface area contributed by atoms with Gasteiger partial charge in [-0.05, 0) is 49.8 Å². The molecule has 2 aliphatic heterocycles. The van der Waals surface area contributed by atoms with E-state index in [2.05, 4.69) is 30.8 Å². The van der Waals surface area contributed by atoms with E-state index < -0.39 is 11.7 Å². The second kappa shape index (κ2) is 9.48. The molecule has 1 aromatic heterocycles. The number of amides is 2. The minimum absolute atomic E-state index is 0.0218. The maximum atomic E-state index is 13.1. The first kappa shape index (κ1) is 23.6. The summed E-state index contributed by atoms with van der Waals surface area (Å²) in [6.45, 7) is 2.03. The number of nitrogens with one attached hydrogen (secondary N) is 3. The first-order valence-electron chi connectivity index (χ1n) is 11.8. The monoisotopic (exact) mass is 492 g/mol. The Morgan fingerprint density at radius 3 is 2.63 bits per heavy atom. The summed E-state index contributed by atoms with van der Waals surface area (Å²) in [5.74, 6) is 0.345. The molecular weight excluding hydrogens is 465 g/mol. The van der Waals surface area contributed by atoms with Crippen LogP contribution in [0.1, 0.15) is 31.2 Å². The molecule has 35 heavy (non-hydrogen) atoms. The Bertz CT molecular complexity index is 1100. The summed E-state index contributed by atoms with van der Waals surface area (Å²) < 4.78 is 44.5. The number of cyclic esters (lactones) is 1. The van der Waals surface area contributed by atoms with Gasteiger partial charge in [-0.25, -0.2) is 14.8 Å². The summed E-state index contributed by atoms with van der Waals surface area (Å²) in [7, 11) is 0. The molecule has 1 atom stereocenters. The zero-order chi connectivity index (χ0) is 24.6. The number of carbonyl (C=O) groups is 2. The Hall–Kier alpha value is -3.15. The van der Waals surface area contributed by atoms with Crippen molar-refractivity contribution in [2.45, 2.75) is 50.0 Å². The number of nitrogens with zero attached hydrogens (tertiary/aromatic N) is 3. The van der Waals surface area contributed by atoms with Gasteiger partial charge in [0.05, 0.1) is 30.2 Å². The van der Waals surface area contributed by atoms with E-state index in [1.165, 1.54) is 12.4 Å². The van der Waals surface area contributed by atoms with Gasteiger partial charge in [-0.1, -0.05) is 0 Å². The van der Waals surface area contributed by atoms with Crippen molar-refractivity contribution in [2.24, 2.45) is 5.92 Å². The third-order valence-corrected chi connectivity index (χ3v) is 7.14. The average Bonchev–Trinajstić information content (AvgIpc) is 3.25. The van der Waals surface area contributed by atoms with Gasteiger partial charge >= 0.3 is 12.3 Å². The molecule has 1 saturated carbocycles. The van der Waals surface area contributed by atoms with E-state index in [1.807, 2.05) is 0 Å². The highest BCUT2D eigenvalue weighted by Crippen LogP contribution is 2.34. The molecule has 3 heterocycles. The number of hydrogen-bond acceptors (Lipinski definition) is 7. The minimum atomic E-state index is -4.48. The van der Waals surface area contributed by atoms with Crippen LogP contribution in [0.25, 0.3) is 10.9 Å². The summed E-state index contributed by atoms with van der Waals surface area (Å²) in [6.07, 6.45) is 0.549. The van der Waals surface area contributed by atoms with Gasteiger partial charge in [0.15, 0.2) is 0 Å². The van der Waals surface area contributed by atoms with E-state index in [-0.39, 0.29) is 41.9 Å². The van der Waals surface area contributed by atoms with Crippen molar-refractivity contribution in [3.63, 3.8) is 0 Å². The number of fused-ring (bicyclic) bond motifs is 1. The van der Waals surface area contributed by atoms with Gasteiger partial charge in [-0.3, -0.25) is 9.69 Å². The van der Waals surface area contributed by atoms with Crippen LogP contribution in [0.15, 0.2) is 24.5 Å². The lowest BCUT2D eigenvalue weighted by Gasteiger charge is -2.47. The van der Waals surface area contributed by atoms with E-state index in [1.54, 1.807) is 0 Å². The van der Waals surface area contributed by atoms with E-state index in [0.29, 0.717) is 24.0 Å². The van der Waals surface area contributed by atoms with Gasteiger partial charge in [0.25, 0.3) is 0 Å². The number of likely N-dealkylation sites (tertiary alicyclic amines) is 1.